The molecule has 0 saturated carbocycles. The number of phenolic OH excluding ortho intramolecular Hbond substituents is 2. The van der Waals surface area contributed by atoms with Gasteiger partial charge in [-0.25, -0.2) is 12.1 Å². The summed E-state index contributed by atoms with van der Waals surface area (Å²) in [7, 11) is 0. The van der Waals surface area contributed by atoms with Crippen LogP contribution in [0.15, 0.2) is 114 Å². The van der Waals surface area contributed by atoms with Crippen molar-refractivity contribution in [1.29, 1.82) is 0 Å². The second-order valence-electron chi connectivity index (χ2n) is 7.62. The Labute approximate surface area is 207 Å². The first-order valence-electron chi connectivity index (χ1n) is 11.0. The van der Waals surface area contributed by atoms with Gasteiger partial charge in [0.15, 0.2) is 0 Å². The molecular weight excluding hydrogens is 452 g/mol. The van der Waals surface area contributed by atoms with Gasteiger partial charge in [0.1, 0.15) is 11.5 Å². The van der Waals surface area contributed by atoms with E-state index in [4.69, 9.17) is 5.11 Å². The zero-order chi connectivity index (χ0) is 22.6. The third-order valence-electron chi connectivity index (χ3n) is 5.27. The SMILES string of the molecule is OCCCCCC(=C1C=CC=C1)[C-](c1ccc(O)cc1)c1ccc(O)cc1.[Fe+2].c1cc[cH-]c1. The molecule has 4 heteroatoms. The van der Waals surface area contributed by atoms with Crippen molar-refractivity contribution in [2.24, 2.45) is 0 Å². The predicted octanol–water partition coefficient (Wildman–Crippen LogP) is 6.45. The molecule has 0 spiro atoms. The molecule has 0 fully saturated rings. The maximum absolute atomic E-state index is 9.70. The van der Waals surface area contributed by atoms with Crippen molar-refractivity contribution in [3.05, 3.63) is 131 Å². The molecule has 0 radical (unpaired) electrons. The number of hydrogen-bond donors (Lipinski definition) is 3. The fraction of sp³-hybridized carbons (Fsp3) is 0.172. The van der Waals surface area contributed by atoms with E-state index in [0.717, 1.165) is 42.7 Å². The number of aliphatic hydroxyl groups is 1. The van der Waals surface area contributed by atoms with E-state index in [1.807, 2.05) is 66.7 Å². The Bertz CT molecular complexity index is 937. The summed E-state index contributed by atoms with van der Waals surface area (Å²) in [4.78, 5) is 0. The van der Waals surface area contributed by atoms with Crippen LogP contribution < -0.4 is 0 Å². The molecule has 3 N–H and O–H groups in total. The van der Waals surface area contributed by atoms with Crippen molar-refractivity contribution in [3.8, 4) is 11.5 Å². The zero-order valence-corrected chi connectivity index (χ0v) is 19.6. The summed E-state index contributed by atoms with van der Waals surface area (Å²) >= 11 is 0. The summed E-state index contributed by atoms with van der Waals surface area (Å²) in [6.45, 7) is 0.220. The largest absolute Gasteiger partial charge is 2.00 e. The molecule has 1 aliphatic carbocycles. The van der Waals surface area contributed by atoms with Crippen molar-refractivity contribution in [2.45, 2.75) is 25.7 Å². The average Bonchev–Trinajstić information content (AvgIpc) is 3.55. The first-order chi connectivity index (χ1) is 15.7. The van der Waals surface area contributed by atoms with Crippen LogP contribution in [0.3, 0.4) is 0 Å². The van der Waals surface area contributed by atoms with Crippen molar-refractivity contribution in [3.63, 3.8) is 0 Å². The third kappa shape index (κ3) is 8.11. The Morgan fingerprint density at radius 1 is 0.727 bits per heavy atom. The molecule has 4 rings (SSSR count). The second kappa shape index (κ2) is 14.2. The molecule has 0 amide bonds. The molecule has 1 aliphatic rings. The molecule has 0 aliphatic heterocycles. The van der Waals surface area contributed by atoms with E-state index in [9.17, 15) is 10.2 Å². The molecule has 0 saturated heterocycles. The van der Waals surface area contributed by atoms with E-state index in [1.165, 1.54) is 11.1 Å². The molecule has 3 nitrogen and oxygen atoms in total. The molecule has 0 heterocycles. The monoisotopic (exact) mass is 482 g/mol. The van der Waals surface area contributed by atoms with Crippen molar-refractivity contribution in [2.75, 3.05) is 6.61 Å². The maximum atomic E-state index is 9.70. The number of benzene rings is 2. The molecule has 0 bridgehead atoms. The van der Waals surface area contributed by atoms with Crippen LogP contribution in [0.5, 0.6) is 11.5 Å². The molecule has 3 aromatic rings. The summed E-state index contributed by atoms with van der Waals surface area (Å²) in [6.07, 6.45) is 12.0. The summed E-state index contributed by atoms with van der Waals surface area (Å²) in [5.41, 5.74) is 4.46. The third-order valence-corrected chi connectivity index (χ3v) is 5.27. The Balaban J connectivity index is 0.000000568. The van der Waals surface area contributed by atoms with Crippen LogP contribution in [-0.4, -0.2) is 21.9 Å². The van der Waals surface area contributed by atoms with Crippen LogP contribution in [0, 0.1) is 5.92 Å². The fourth-order valence-electron chi connectivity index (χ4n) is 3.67. The number of rotatable bonds is 8. The Morgan fingerprint density at radius 3 is 1.67 bits per heavy atom. The normalized spacial score (nSPS) is 11.5. The van der Waals surface area contributed by atoms with Crippen LogP contribution in [0.4, 0.5) is 0 Å². The number of phenols is 2. The van der Waals surface area contributed by atoms with Gasteiger partial charge in [0.2, 0.25) is 0 Å². The van der Waals surface area contributed by atoms with Crippen molar-refractivity contribution < 1.29 is 32.4 Å². The molecule has 0 aromatic heterocycles. The predicted molar refractivity (Wildman–Crippen MR) is 131 cm³/mol. The van der Waals surface area contributed by atoms with Gasteiger partial charge in [-0.05, 0) is 37.1 Å². The fourth-order valence-corrected chi connectivity index (χ4v) is 3.67. The minimum atomic E-state index is 0. The molecule has 172 valence electrons. The van der Waals surface area contributed by atoms with Gasteiger partial charge in [-0.15, -0.1) is 35.4 Å². The zero-order valence-electron chi connectivity index (χ0n) is 18.5. The number of aromatic hydroxyl groups is 2. The smallest absolute Gasteiger partial charge is 0.509 e. The Kier molecular flexibility index (Phi) is 11.3. The molecule has 3 aromatic carbocycles. The van der Waals surface area contributed by atoms with Crippen LogP contribution in [0.25, 0.3) is 0 Å². The van der Waals surface area contributed by atoms with Gasteiger partial charge in [0.05, 0.1) is 0 Å². The Hall–Kier alpha value is -3.04. The number of unbranched alkanes of at least 4 members (excludes halogenated alkanes) is 2. The van der Waals surface area contributed by atoms with Gasteiger partial charge >= 0.3 is 17.1 Å². The van der Waals surface area contributed by atoms with Gasteiger partial charge in [0.25, 0.3) is 0 Å². The summed E-state index contributed by atoms with van der Waals surface area (Å²) in [6, 6.07) is 24.5. The van der Waals surface area contributed by atoms with E-state index in [-0.39, 0.29) is 35.2 Å². The number of allylic oxidation sites excluding steroid dienone is 6. The number of hydrogen-bond acceptors (Lipinski definition) is 3. The van der Waals surface area contributed by atoms with Crippen LogP contribution in [0.2, 0.25) is 0 Å². The molecule has 33 heavy (non-hydrogen) atoms. The maximum Gasteiger partial charge on any atom is 2.00 e. The number of aliphatic hydroxyl groups excluding tert-OH is 1. The standard InChI is InChI=1S/C24H25O3.C5H5.Fe/c25-17-5-1-2-8-23(18-6-3-4-7-18)24(19-9-13-21(26)14-10-19)20-11-15-22(27)16-12-20;1-2-4-5-3-1;/h3-4,6-7,9-16,25-27H,1-2,5,8,17H2;1-5H;/q2*-1;+2. The average molecular weight is 482 g/mol. The molecular formula is C29H30FeO3. The summed E-state index contributed by atoms with van der Waals surface area (Å²) < 4.78 is 0. The topological polar surface area (TPSA) is 60.7 Å². The first kappa shape index (κ1) is 26.2. The van der Waals surface area contributed by atoms with E-state index in [2.05, 4.69) is 12.2 Å². The van der Waals surface area contributed by atoms with Gasteiger partial charge in [-0.3, -0.25) is 0 Å². The van der Waals surface area contributed by atoms with Crippen LogP contribution in [-0.2, 0) is 17.1 Å². The van der Waals surface area contributed by atoms with Gasteiger partial charge < -0.3 is 15.3 Å². The summed E-state index contributed by atoms with van der Waals surface area (Å²) in [5.74, 6) is 1.58. The quantitative estimate of drug-likeness (QED) is 0.197. The van der Waals surface area contributed by atoms with E-state index < -0.39 is 0 Å². The van der Waals surface area contributed by atoms with Crippen molar-refractivity contribution >= 4 is 0 Å². The van der Waals surface area contributed by atoms with E-state index in [1.54, 1.807) is 24.3 Å². The van der Waals surface area contributed by atoms with Crippen LogP contribution in [0.1, 0.15) is 36.8 Å². The summed E-state index contributed by atoms with van der Waals surface area (Å²) in [5, 5.41) is 28.5. The van der Waals surface area contributed by atoms with Gasteiger partial charge in [0, 0.05) is 6.61 Å². The minimum Gasteiger partial charge on any atom is -0.509 e. The van der Waals surface area contributed by atoms with Gasteiger partial charge in [-0.1, -0.05) is 54.2 Å². The van der Waals surface area contributed by atoms with E-state index >= 15 is 0 Å². The van der Waals surface area contributed by atoms with Gasteiger partial charge in [-0.2, -0.15) is 18.2 Å². The first-order valence-corrected chi connectivity index (χ1v) is 11.0. The molecule has 0 unspecified atom stereocenters. The van der Waals surface area contributed by atoms with E-state index in [0.29, 0.717) is 0 Å². The molecule has 0 atom stereocenters. The van der Waals surface area contributed by atoms with Crippen LogP contribution >= 0.6 is 0 Å². The van der Waals surface area contributed by atoms with Crippen molar-refractivity contribution in [1.82, 2.24) is 0 Å². The Morgan fingerprint density at radius 2 is 1.24 bits per heavy atom. The second-order valence-corrected chi connectivity index (χ2v) is 7.62. The minimum absolute atomic E-state index is 0.